The monoisotopic (exact) mass is 157 g/mol. The first-order chi connectivity index (χ1) is 5.09. The van der Waals surface area contributed by atoms with Crippen LogP contribution in [-0.2, 0) is 4.79 Å². The van der Waals surface area contributed by atoms with E-state index in [9.17, 15) is 4.79 Å². The lowest BCUT2D eigenvalue weighted by atomic mass is 10.1. The van der Waals surface area contributed by atoms with Gasteiger partial charge in [0.2, 0.25) is 5.91 Å². The van der Waals surface area contributed by atoms with E-state index in [1.165, 1.54) is 0 Å². The quantitative estimate of drug-likeness (QED) is 0.527. The van der Waals surface area contributed by atoms with Gasteiger partial charge in [0.25, 0.3) is 0 Å². The molecular formula is C7H15N3O. The molecule has 1 amide bonds. The van der Waals surface area contributed by atoms with Gasteiger partial charge in [0.05, 0.1) is 12.1 Å². The molecule has 1 rings (SSSR count). The summed E-state index contributed by atoms with van der Waals surface area (Å²) in [5.41, 5.74) is 5.37. The van der Waals surface area contributed by atoms with E-state index in [0.717, 1.165) is 13.1 Å². The maximum atomic E-state index is 11.0. The average Bonchev–Trinajstić information content (AvgIpc) is 1.84. The van der Waals surface area contributed by atoms with Crippen molar-refractivity contribution in [2.24, 2.45) is 5.73 Å². The van der Waals surface area contributed by atoms with Crippen molar-refractivity contribution in [3.8, 4) is 0 Å². The Labute approximate surface area is 66.7 Å². The summed E-state index contributed by atoms with van der Waals surface area (Å²) in [6, 6.07) is -0.0700. The average molecular weight is 157 g/mol. The Hall–Kier alpha value is -0.610. The first kappa shape index (κ1) is 8.49. The molecular weight excluding hydrogens is 142 g/mol. The molecule has 4 heteroatoms. The lowest BCUT2D eigenvalue weighted by Crippen LogP contribution is -2.59. The van der Waals surface area contributed by atoms with E-state index in [-0.39, 0.29) is 11.9 Å². The third-order valence-electron chi connectivity index (χ3n) is 1.82. The molecule has 0 bridgehead atoms. The van der Waals surface area contributed by atoms with E-state index in [0.29, 0.717) is 6.04 Å². The zero-order valence-corrected chi connectivity index (χ0v) is 7.00. The highest BCUT2D eigenvalue weighted by molar-refractivity contribution is 5.81. The molecule has 1 aliphatic heterocycles. The fraction of sp³-hybridized carbons (Fsp3) is 0.857. The Bertz CT molecular complexity index is 152. The molecule has 0 aliphatic carbocycles. The van der Waals surface area contributed by atoms with Gasteiger partial charge in [-0.2, -0.15) is 0 Å². The number of nitrogens with zero attached hydrogens (tertiary/aromatic N) is 1. The molecule has 64 valence electrons. The van der Waals surface area contributed by atoms with E-state index < -0.39 is 0 Å². The van der Waals surface area contributed by atoms with Gasteiger partial charge in [-0.1, -0.05) is 0 Å². The number of hydrogen-bond donors (Lipinski definition) is 2. The number of likely N-dealkylation sites (N-methyl/N-ethyl adjacent to an activating group) is 1. The van der Waals surface area contributed by atoms with Crippen molar-refractivity contribution in [3.63, 3.8) is 0 Å². The van der Waals surface area contributed by atoms with Crippen LogP contribution in [0.5, 0.6) is 0 Å². The van der Waals surface area contributed by atoms with Gasteiger partial charge in [-0.25, -0.2) is 0 Å². The molecule has 1 aliphatic rings. The summed E-state index contributed by atoms with van der Waals surface area (Å²) in [5.74, 6) is -0.0527. The lowest BCUT2D eigenvalue weighted by molar-refractivity contribution is -0.123. The maximum Gasteiger partial charge on any atom is 0.236 e. The summed E-state index contributed by atoms with van der Waals surface area (Å²) in [6.45, 7) is 3.58. The molecule has 1 atom stereocenters. The summed E-state index contributed by atoms with van der Waals surface area (Å²) in [4.78, 5) is 13.1. The molecule has 0 aromatic heterocycles. The zero-order valence-electron chi connectivity index (χ0n) is 7.00. The fourth-order valence-electron chi connectivity index (χ4n) is 1.12. The Morgan fingerprint density at radius 1 is 1.73 bits per heavy atom. The van der Waals surface area contributed by atoms with Crippen molar-refractivity contribution in [2.45, 2.75) is 19.0 Å². The third-order valence-corrected chi connectivity index (χ3v) is 1.82. The second-order valence-corrected chi connectivity index (χ2v) is 3.22. The van der Waals surface area contributed by atoms with Gasteiger partial charge >= 0.3 is 0 Å². The standard InChI is InChI=1S/C7H15N3O/c1-5(8)7(11)9-6-3-10(2)4-6/h5-6H,3-4,8H2,1-2H3,(H,9,11)/t5-/m0/s1. The van der Waals surface area contributed by atoms with Gasteiger partial charge in [-0.15, -0.1) is 0 Å². The predicted octanol–water partition coefficient (Wildman–Crippen LogP) is -1.24. The van der Waals surface area contributed by atoms with E-state index in [4.69, 9.17) is 5.73 Å². The molecule has 0 aromatic carbocycles. The minimum atomic E-state index is -0.388. The Morgan fingerprint density at radius 2 is 2.27 bits per heavy atom. The molecule has 0 unspecified atom stereocenters. The van der Waals surface area contributed by atoms with Crippen molar-refractivity contribution >= 4 is 5.91 Å². The van der Waals surface area contributed by atoms with E-state index in [1.807, 2.05) is 7.05 Å². The molecule has 0 spiro atoms. The smallest absolute Gasteiger partial charge is 0.236 e. The number of amides is 1. The Balaban J connectivity index is 2.17. The van der Waals surface area contributed by atoms with Crippen LogP contribution in [0.3, 0.4) is 0 Å². The Morgan fingerprint density at radius 3 is 2.64 bits per heavy atom. The lowest BCUT2D eigenvalue weighted by Gasteiger charge is -2.36. The van der Waals surface area contributed by atoms with Crippen molar-refractivity contribution in [1.29, 1.82) is 0 Å². The first-order valence-electron chi connectivity index (χ1n) is 3.84. The molecule has 0 saturated carbocycles. The van der Waals surface area contributed by atoms with Gasteiger partial charge < -0.3 is 16.0 Å². The van der Waals surface area contributed by atoms with Crippen LogP contribution in [0.1, 0.15) is 6.92 Å². The highest BCUT2D eigenvalue weighted by atomic mass is 16.2. The van der Waals surface area contributed by atoms with Gasteiger partial charge in [0, 0.05) is 13.1 Å². The minimum absolute atomic E-state index is 0.0527. The van der Waals surface area contributed by atoms with Crippen molar-refractivity contribution in [3.05, 3.63) is 0 Å². The SMILES string of the molecule is C[C@H](N)C(=O)NC1CN(C)C1. The number of hydrogen-bond acceptors (Lipinski definition) is 3. The second-order valence-electron chi connectivity index (χ2n) is 3.22. The number of nitrogens with two attached hydrogens (primary N) is 1. The van der Waals surface area contributed by atoms with Crippen LogP contribution in [0.25, 0.3) is 0 Å². The summed E-state index contributed by atoms with van der Waals surface area (Å²) >= 11 is 0. The normalized spacial score (nSPS) is 22.5. The zero-order chi connectivity index (χ0) is 8.43. The number of nitrogens with one attached hydrogen (secondary N) is 1. The second kappa shape index (κ2) is 3.19. The van der Waals surface area contributed by atoms with Gasteiger partial charge in [0.15, 0.2) is 0 Å². The molecule has 4 nitrogen and oxygen atoms in total. The van der Waals surface area contributed by atoms with Crippen molar-refractivity contribution < 1.29 is 4.79 Å². The molecule has 0 radical (unpaired) electrons. The van der Waals surface area contributed by atoms with Crippen LogP contribution in [0.4, 0.5) is 0 Å². The predicted molar refractivity (Wildman–Crippen MR) is 43.1 cm³/mol. The highest BCUT2D eigenvalue weighted by Crippen LogP contribution is 2.02. The number of carbonyl (C=O) groups is 1. The topological polar surface area (TPSA) is 58.4 Å². The van der Waals surface area contributed by atoms with Crippen LogP contribution < -0.4 is 11.1 Å². The summed E-state index contributed by atoms with van der Waals surface area (Å²) < 4.78 is 0. The molecule has 1 heterocycles. The third kappa shape index (κ3) is 2.17. The molecule has 11 heavy (non-hydrogen) atoms. The fourth-order valence-corrected chi connectivity index (χ4v) is 1.12. The van der Waals surface area contributed by atoms with Gasteiger partial charge in [0.1, 0.15) is 0 Å². The van der Waals surface area contributed by atoms with E-state index in [1.54, 1.807) is 6.92 Å². The van der Waals surface area contributed by atoms with Crippen LogP contribution in [-0.4, -0.2) is 43.0 Å². The Kier molecular flexibility index (Phi) is 2.46. The largest absolute Gasteiger partial charge is 0.349 e. The molecule has 3 N–H and O–H groups in total. The van der Waals surface area contributed by atoms with Crippen molar-refractivity contribution in [2.75, 3.05) is 20.1 Å². The minimum Gasteiger partial charge on any atom is -0.349 e. The first-order valence-corrected chi connectivity index (χ1v) is 3.84. The summed E-state index contributed by atoms with van der Waals surface area (Å²) in [7, 11) is 2.02. The van der Waals surface area contributed by atoms with Crippen LogP contribution >= 0.6 is 0 Å². The summed E-state index contributed by atoms with van der Waals surface area (Å²) in [6.07, 6.45) is 0. The van der Waals surface area contributed by atoms with E-state index >= 15 is 0 Å². The molecule has 0 aromatic rings. The van der Waals surface area contributed by atoms with Crippen LogP contribution in [0.15, 0.2) is 0 Å². The number of rotatable bonds is 2. The van der Waals surface area contributed by atoms with E-state index in [2.05, 4.69) is 10.2 Å². The van der Waals surface area contributed by atoms with Gasteiger partial charge in [-0.05, 0) is 14.0 Å². The highest BCUT2D eigenvalue weighted by Gasteiger charge is 2.25. The molecule has 1 fully saturated rings. The molecule has 1 saturated heterocycles. The van der Waals surface area contributed by atoms with Crippen LogP contribution in [0, 0.1) is 0 Å². The number of likely N-dealkylation sites (tertiary alicyclic amines) is 1. The number of carbonyl (C=O) groups excluding carboxylic acids is 1. The maximum absolute atomic E-state index is 11.0. The summed E-state index contributed by atoms with van der Waals surface area (Å²) in [5, 5.41) is 2.84. The van der Waals surface area contributed by atoms with Crippen molar-refractivity contribution in [1.82, 2.24) is 10.2 Å². The van der Waals surface area contributed by atoms with Gasteiger partial charge in [-0.3, -0.25) is 4.79 Å². The van der Waals surface area contributed by atoms with Crippen LogP contribution in [0.2, 0.25) is 0 Å².